The highest BCUT2D eigenvalue weighted by atomic mass is 16.5. The molecule has 0 spiro atoms. The van der Waals surface area contributed by atoms with Crippen LogP contribution in [0, 0.1) is 0 Å². The van der Waals surface area contributed by atoms with Crippen LogP contribution in [0.25, 0.3) is 44.5 Å². The quantitative estimate of drug-likeness (QED) is 0.199. The van der Waals surface area contributed by atoms with E-state index in [4.69, 9.17) is 9.47 Å². The lowest BCUT2D eigenvalue weighted by Crippen LogP contribution is -2.21. The maximum absolute atomic E-state index is 14.3. The molecule has 0 heterocycles. The van der Waals surface area contributed by atoms with Gasteiger partial charge in [0.2, 0.25) is 0 Å². The summed E-state index contributed by atoms with van der Waals surface area (Å²) in [5.41, 5.74) is 8.94. The summed E-state index contributed by atoms with van der Waals surface area (Å²) >= 11 is 0. The second-order valence-corrected chi connectivity index (χ2v) is 10.7. The van der Waals surface area contributed by atoms with Crippen molar-refractivity contribution < 1.29 is 19.1 Å². The molecule has 6 aromatic carbocycles. The third-order valence-electron chi connectivity index (χ3n) is 8.27. The van der Waals surface area contributed by atoms with E-state index in [1.165, 1.54) is 0 Å². The summed E-state index contributed by atoms with van der Waals surface area (Å²) in [6.07, 6.45) is 0. The first-order chi connectivity index (χ1) is 21.6. The summed E-state index contributed by atoms with van der Waals surface area (Å²) in [5.74, 6) is 1.14. The van der Waals surface area contributed by atoms with Gasteiger partial charge in [-0.15, -0.1) is 0 Å². The van der Waals surface area contributed by atoms with E-state index in [0.29, 0.717) is 22.3 Å². The SMILES string of the molecule is COc1ccc(-c2cc3c(cc2-c2ccc(OC)cc2)C(=O)c2cc(-c4ccccc4)c(-c4ccccc4)cc2C3=O)cc1. The zero-order chi connectivity index (χ0) is 30.2. The highest BCUT2D eigenvalue weighted by Crippen LogP contribution is 2.42. The molecule has 0 amide bonds. The third-order valence-corrected chi connectivity index (χ3v) is 8.27. The van der Waals surface area contributed by atoms with Crippen LogP contribution in [0.15, 0.2) is 133 Å². The van der Waals surface area contributed by atoms with E-state index >= 15 is 0 Å². The fraction of sp³-hybridized carbons (Fsp3) is 0.0500. The lowest BCUT2D eigenvalue weighted by molar-refractivity contribution is 0.0979. The number of ketones is 2. The second kappa shape index (κ2) is 11.2. The van der Waals surface area contributed by atoms with Crippen LogP contribution in [0.5, 0.6) is 11.5 Å². The van der Waals surface area contributed by atoms with Gasteiger partial charge in [0.25, 0.3) is 0 Å². The predicted octanol–water partition coefficient (Wildman–Crippen LogP) is 9.15. The Labute approximate surface area is 256 Å². The smallest absolute Gasteiger partial charge is 0.194 e. The zero-order valence-electron chi connectivity index (χ0n) is 24.3. The average Bonchev–Trinajstić information content (AvgIpc) is 3.10. The van der Waals surface area contributed by atoms with E-state index in [1.54, 1.807) is 14.2 Å². The van der Waals surface area contributed by atoms with E-state index < -0.39 is 0 Å². The molecular formula is C40H28O4. The minimum atomic E-state index is -0.164. The molecule has 0 N–H and O–H groups in total. The minimum Gasteiger partial charge on any atom is -0.497 e. The first-order valence-corrected chi connectivity index (χ1v) is 14.4. The highest BCUT2D eigenvalue weighted by Gasteiger charge is 2.33. The molecule has 1 aliphatic rings. The number of ether oxygens (including phenoxy) is 2. The Balaban J connectivity index is 1.45. The summed E-state index contributed by atoms with van der Waals surface area (Å²) < 4.78 is 10.8. The van der Waals surface area contributed by atoms with Crippen LogP contribution in [0.1, 0.15) is 31.8 Å². The van der Waals surface area contributed by atoms with Crippen molar-refractivity contribution in [3.05, 3.63) is 156 Å². The van der Waals surface area contributed by atoms with Gasteiger partial charge in [0.05, 0.1) is 14.2 Å². The number of carbonyl (C=O) groups is 2. The predicted molar refractivity (Wildman–Crippen MR) is 175 cm³/mol. The van der Waals surface area contributed by atoms with Gasteiger partial charge in [-0.3, -0.25) is 9.59 Å². The summed E-state index contributed by atoms with van der Waals surface area (Å²) in [5, 5.41) is 0. The molecule has 1 aliphatic carbocycles. The highest BCUT2D eigenvalue weighted by molar-refractivity contribution is 6.30. The number of hydrogen-bond donors (Lipinski definition) is 0. The summed E-state index contributed by atoms with van der Waals surface area (Å²) in [6.45, 7) is 0. The van der Waals surface area contributed by atoms with Crippen LogP contribution in [0.4, 0.5) is 0 Å². The second-order valence-electron chi connectivity index (χ2n) is 10.7. The van der Waals surface area contributed by atoms with Crippen LogP contribution in [-0.2, 0) is 0 Å². The van der Waals surface area contributed by atoms with Gasteiger partial charge in [0, 0.05) is 22.3 Å². The van der Waals surface area contributed by atoms with E-state index in [9.17, 15) is 9.59 Å². The topological polar surface area (TPSA) is 52.6 Å². The molecule has 7 rings (SSSR count). The maximum atomic E-state index is 14.3. The molecule has 0 atom stereocenters. The number of fused-ring (bicyclic) bond motifs is 2. The monoisotopic (exact) mass is 572 g/mol. The Morgan fingerprint density at radius 3 is 0.886 bits per heavy atom. The Kier molecular flexibility index (Phi) is 6.88. The lowest BCUT2D eigenvalue weighted by atomic mass is 9.78. The first-order valence-electron chi connectivity index (χ1n) is 14.4. The van der Waals surface area contributed by atoms with Crippen molar-refractivity contribution in [2.24, 2.45) is 0 Å². The van der Waals surface area contributed by atoms with Crippen molar-refractivity contribution in [2.75, 3.05) is 14.2 Å². The van der Waals surface area contributed by atoms with Crippen molar-refractivity contribution in [1.29, 1.82) is 0 Å². The molecule has 4 nitrogen and oxygen atoms in total. The van der Waals surface area contributed by atoms with Crippen molar-refractivity contribution >= 4 is 11.6 Å². The van der Waals surface area contributed by atoms with Crippen molar-refractivity contribution in [3.63, 3.8) is 0 Å². The fourth-order valence-electron chi connectivity index (χ4n) is 5.97. The molecule has 0 radical (unpaired) electrons. The number of carbonyl (C=O) groups excluding carboxylic acids is 2. The standard InChI is InChI=1S/C40H28O4/c1-43-29-17-13-27(14-18-29)33-23-37-38(24-34(33)28-15-19-30(44-2)20-16-28)40(42)36-22-32(26-11-7-4-8-12-26)31(21-35(36)39(37)41)25-9-5-3-6-10-25/h3-24H,1-2H3. The van der Waals surface area contributed by atoms with E-state index in [0.717, 1.165) is 56.0 Å². The van der Waals surface area contributed by atoms with Gasteiger partial charge in [0.15, 0.2) is 11.6 Å². The van der Waals surface area contributed by atoms with E-state index in [1.807, 2.05) is 133 Å². The molecule has 212 valence electrons. The van der Waals surface area contributed by atoms with Crippen LogP contribution in [-0.4, -0.2) is 25.8 Å². The average molecular weight is 573 g/mol. The molecule has 0 unspecified atom stereocenters. The third kappa shape index (κ3) is 4.67. The Bertz CT molecular complexity index is 1880. The molecule has 0 saturated heterocycles. The zero-order valence-corrected chi connectivity index (χ0v) is 24.3. The van der Waals surface area contributed by atoms with Crippen LogP contribution in [0.3, 0.4) is 0 Å². The van der Waals surface area contributed by atoms with Gasteiger partial charge in [-0.05, 0) is 93.0 Å². The Hall–Kier alpha value is -5.74. The van der Waals surface area contributed by atoms with Gasteiger partial charge in [-0.25, -0.2) is 0 Å². The number of methoxy groups -OCH3 is 2. The molecule has 44 heavy (non-hydrogen) atoms. The molecule has 0 bridgehead atoms. The van der Waals surface area contributed by atoms with Gasteiger partial charge >= 0.3 is 0 Å². The molecular weight excluding hydrogens is 544 g/mol. The summed E-state index contributed by atoms with van der Waals surface area (Å²) in [4.78, 5) is 28.6. The van der Waals surface area contributed by atoms with Crippen molar-refractivity contribution in [1.82, 2.24) is 0 Å². The number of hydrogen-bond acceptors (Lipinski definition) is 4. The molecule has 6 aromatic rings. The minimum absolute atomic E-state index is 0.164. The van der Waals surface area contributed by atoms with E-state index in [2.05, 4.69) is 0 Å². The first kappa shape index (κ1) is 27.1. The van der Waals surface area contributed by atoms with Gasteiger partial charge in [-0.1, -0.05) is 84.9 Å². The summed E-state index contributed by atoms with van der Waals surface area (Å²) in [6, 6.07) is 42.9. The van der Waals surface area contributed by atoms with E-state index in [-0.39, 0.29) is 11.6 Å². The lowest BCUT2D eigenvalue weighted by Gasteiger charge is -2.23. The van der Waals surface area contributed by atoms with Crippen LogP contribution in [0.2, 0.25) is 0 Å². The Morgan fingerprint density at radius 1 is 0.341 bits per heavy atom. The largest absolute Gasteiger partial charge is 0.497 e. The molecule has 0 saturated carbocycles. The molecule has 0 aromatic heterocycles. The summed E-state index contributed by atoms with van der Waals surface area (Å²) in [7, 11) is 3.26. The molecule has 0 aliphatic heterocycles. The fourth-order valence-corrected chi connectivity index (χ4v) is 5.97. The Morgan fingerprint density at radius 2 is 0.614 bits per heavy atom. The number of rotatable bonds is 6. The number of benzene rings is 6. The van der Waals surface area contributed by atoms with Crippen molar-refractivity contribution in [3.8, 4) is 56.0 Å². The normalized spacial score (nSPS) is 12.0. The van der Waals surface area contributed by atoms with Crippen molar-refractivity contribution in [2.45, 2.75) is 0 Å². The van der Waals surface area contributed by atoms with Gasteiger partial charge < -0.3 is 9.47 Å². The molecule has 4 heteroatoms. The van der Waals surface area contributed by atoms with Gasteiger partial charge in [0.1, 0.15) is 11.5 Å². The van der Waals surface area contributed by atoms with Crippen LogP contribution >= 0.6 is 0 Å². The van der Waals surface area contributed by atoms with Gasteiger partial charge in [-0.2, -0.15) is 0 Å². The van der Waals surface area contributed by atoms with Crippen LogP contribution < -0.4 is 9.47 Å². The molecule has 0 fully saturated rings. The maximum Gasteiger partial charge on any atom is 0.194 e.